The van der Waals surface area contributed by atoms with Crippen LogP contribution >= 0.6 is 0 Å². The number of aryl methyl sites for hydroxylation is 1. The summed E-state index contributed by atoms with van der Waals surface area (Å²) in [4.78, 5) is 7.16. The lowest BCUT2D eigenvalue weighted by Gasteiger charge is -2.32. The van der Waals surface area contributed by atoms with Crippen molar-refractivity contribution in [1.82, 2.24) is 24.8 Å². The highest BCUT2D eigenvalue weighted by molar-refractivity contribution is 5.83. The molecule has 5 rings (SSSR count). The van der Waals surface area contributed by atoms with Crippen molar-refractivity contribution in [3.63, 3.8) is 0 Å². The predicted molar refractivity (Wildman–Crippen MR) is 115 cm³/mol. The molecule has 2 aromatic heterocycles. The second-order valence-corrected chi connectivity index (χ2v) is 8.74. The number of rotatable bonds is 6. The fourth-order valence-electron chi connectivity index (χ4n) is 4.88. The molecule has 0 spiro atoms. The van der Waals surface area contributed by atoms with Gasteiger partial charge in [-0.2, -0.15) is 14.8 Å². The summed E-state index contributed by atoms with van der Waals surface area (Å²) in [6, 6.07) is 5.04. The first kappa shape index (κ1) is 20.6. The minimum atomic E-state index is -0.325. The Morgan fingerprint density at radius 3 is 2.71 bits per heavy atom. The van der Waals surface area contributed by atoms with Gasteiger partial charge >= 0.3 is 0 Å². The Morgan fingerprint density at radius 1 is 1.13 bits per heavy atom. The van der Waals surface area contributed by atoms with E-state index in [1.807, 2.05) is 13.0 Å². The summed E-state index contributed by atoms with van der Waals surface area (Å²) in [5, 5.41) is 9.49. The molecule has 8 heteroatoms. The first-order valence-corrected chi connectivity index (χ1v) is 11.5. The number of nitrogens with zero attached hydrogens (tertiary/aromatic N) is 5. The Balaban J connectivity index is 1.24. The number of halogens is 1. The molecule has 3 aromatic rings. The minimum absolute atomic E-state index is 0.248. The van der Waals surface area contributed by atoms with E-state index in [-0.39, 0.29) is 11.7 Å². The third-order valence-corrected chi connectivity index (χ3v) is 6.82. The third kappa shape index (κ3) is 4.23. The van der Waals surface area contributed by atoms with E-state index in [4.69, 9.17) is 9.26 Å². The maximum absolute atomic E-state index is 14.5. The molecule has 2 saturated heterocycles. The van der Waals surface area contributed by atoms with Crippen LogP contribution in [0.2, 0.25) is 0 Å². The lowest BCUT2D eigenvalue weighted by atomic mass is 9.94. The van der Waals surface area contributed by atoms with Gasteiger partial charge in [-0.1, -0.05) is 19.1 Å². The SMILES string of the molecule is CCc1nn(-c2noc(C3CCN(CCC4CCOCC4)CC3)n2)c2c(F)cccc12. The lowest BCUT2D eigenvalue weighted by molar-refractivity contribution is 0.0586. The molecular formula is C23H30FN5O2. The van der Waals surface area contributed by atoms with Crippen molar-refractivity contribution in [2.24, 2.45) is 5.92 Å². The maximum atomic E-state index is 14.5. The fourth-order valence-corrected chi connectivity index (χ4v) is 4.88. The Kier molecular flexibility index (Phi) is 6.00. The summed E-state index contributed by atoms with van der Waals surface area (Å²) < 4.78 is 27.1. The molecule has 166 valence electrons. The van der Waals surface area contributed by atoms with Crippen LogP contribution < -0.4 is 0 Å². The van der Waals surface area contributed by atoms with Gasteiger partial charge in [0.05, 0.1) is 5.69 Å². The average Bonchev–Trinajstić information content (AvgIpc) is 3.44. The van der Waals surface area contributed by atoms with Crippen molar-refractivity contribution in [3.05, 3.63) is 35.6 Å². The Morgan fingerprint density at radius 2 is 1.94 bits per heavy atom. The van der Waals surface area contributed by atoms with Gasteiger partial charge < -0.3 is 14.2 Å². The highest BCUT2D eigenvalue weighted by atomic mass is 19.1. The standard InChI is InChI=1S/C23H30FN5O2/c1-2-20-18-4-3-5-19(24)21(18)29(26-20)23-25-22(31-27-23)17-7-12-28(13-8-17)11-6-16-9-14-30-15-10-16/h3-5,16-17H,2,6-15H2,1H3. The molecule has 7 nitrogen and oxygen atoms in total. The smallest absolute Gasteiger partial charge is 0.291 e. The average molecular weight is 428 g/mol. The zero-order valence-corrected chi connectivity index (χ0v) is 18.1. The zero-order chi connectivity index (χ0) is 21.2. The van der Waals surface area contributed by atoms with Gasteiger partial charge in [0, 0.05) is 24.5 Å². The largest absolute Gasteiger partial charge is 0.381 e. The quantitative estimate of drug-likeness (QED) is 0.590. The molecule has 0 amide bonds. The Bertz CT molecular complexity index is 1020. The fraction of sp³-hybridized carbons (Fsp3) is 0.609. The Labute approximate surface area is 181 Å². The topological polar surface area (TPSA) is 69.2 Å². The molecule has 0 saturated carbocycles. The second-order valence-electron chi connectivity index (χ2n) is 8.74. The monoisotopic (exact) mass is 427 g/mol. The van der Waals surface area contributed by atoms with Crippen molar-refractivity contribution in [1.29, 1.82) is 0 Å². The second kappa shape index (κ2) is 9.04. The Hall–Kier alpha value is -2.32. The summed E-state index contributed by atoms with van der Waals surface area (Å²) in [5.41, 5.74) is 1.24. The lowest BCUT2D eigenvalue weighted by Crippen LogP contribution is -2.35. The third-order valence-electron chi connectivity index (χ3n) is 6.82. The van der Waals surface area contributed by atoms with E-state index >= 15 is 0 Å². The number of likely N-dealkylation sites (tertiary alicyclic amines) is 1. The number of para-hydroxylation sites is 1. The molecule has 0 atom stereocenters. The van der Waals surface area contributed by atoms with E-state index in [1.54, 1.807) is 6.07 Å². The van der Waals surface area contributed by atoms with Gasteiger partial charge in [0.25, 0.3) is 5.95 Å². The number of piperidine rings is 1. The summed E-state index contributed by atoms with van der Waals surface area (Å²) >= 11 is 0. The van der Waals surface area contributed by atoms with E-state index in [1.165, 1.54) is 30.0 Å². The maximum Gasteiger partial charge on any atom is 0.291 e. The number of hydrogen-bond acceptors (Lipinski definition) is 6. The van der Waals surface area contributed by atoms with Crippen LogP contribution in [0.3, 0.4) is 0 Å². The predicted octanol–water partition coefficient (Wildman–Crippen LogP) is 4.11. The van der Waals surface area contributed by atoms with E-state index in [0.29, 0.717) is 23.8 Å². The van der Waals surface area contributed by atoms with Crippen LogP contribution in [0.5, 0.6) is 0 Å². The summed E-state index contributed by atoms with van der Waals surface area (Å²) in [5.74, 6) is 1.68. The van der Waals surface area contributed by atoms with Crippen molar-refractivity contribution in [2.45, 2.75) is 51.4 Å². The van der Waals surface area contributed by atoms with Crippen molar-refractivity contribution < 1.29 is 13.7 Å². The minimum Gasteiger partial charge on any atom is -0.381 e. The van der Waals surface area contributed by atoms with Gasteiger partial charge in [-0.05, 0) is 75.3 Å². The molecule has 31 heavy (non-hydrogen) atoms. The molecule has 0 N–H and O–H groups in total. The summed E-state index contributed by atoms with van der Waals surface area (Å²) in [6.45, 7) is 7.10. The molecule has 1 aromatic carbocycles. The van der Waals surface area contributed by atoms with Crippen LogP contribution in [0, 0.1) is 11.7 Å². The molecular weight excluding hydrogens is 397 g/mol. The van der Waals surface area contributed by atoms with E-state index in [0.717, 1.165) is 62.7 Å². The van der Waals surface area contributed by atoms with Crippen LogP contribution in [0.1, 0.15) is 56.5 Å². The van der Waals surface area contributed by atoms with Crippen LogP contribution in [-0.4, -0.2) is 57.7 Å². The van der Waals surface area contributed by atoms with Crippen molar-refractivity contribution in [2.75, 3.05) is 32.8 Å². The van der Waals surface area contributed by atoms with Crippen LogP contribution in [0.15, 0.2) is 22.7 Å². The summed E-state index contributed by atoms with van der Waals surface area (Å²) in [6.07, 6.45) is 6.38. The number of ether oxygens (including phenoxy) is 1. The van der Waals surface area contributed by atoms with Crippen molar-refractivity contribution in [3.8, 4) is 5.95 Å². The van der Waals surface area contributed by atoms with Crippen molar-refractivity contribution >= 4 is 10.9 Å². The molecule has 2 aliphatic rings. The number of hydrogen-bond donors (Lipinski definition) is 0. The first-order chi connectivity index (χ1) is 15.2. The van der Waals surface area contributed by atoms with E-state index in [2.05, 4.69) is 20.1 Å². The summed E-state index contributed by atoms with van der Waals surface area (Å²) in [7, 11) is 0. The van der Waals surface area contributed by atoms with Gasteiger partial charge in [0.2, 0.25) is 5.89 Å². The highest BCUT2D eigenvalue weighted by Gasteiger charge is 2.27. The molecule has 0 aliphatic carbocycles. The van der Waals surface area contributed by atoms with Crippen LogP contribution in [0.4, 0.5) is 4.39 Å². The molecule has 2 fully saturated rings. The number of aromatic nitrogens is 4. The first-order valence-electron chi connectivity index (χ1n) is 11.5. The van der Waals surface area contributed by atoms with Gasteiger partial charge in [-0.25, -0.2) is 4.39 Å². The molecule has 2 aliphatic heterocycles. The molecule has 4 heterocycles. The molecule has 0 bridgehead atoms. The van der Waals surface area contributed by atoms with Gasteiger partial charge in [0.1, 0.15) is 11.3 Å². The van der Waals surface area contributed by atoms with Crippen LogP contribution in [0.25, 0.3) is 16.9 Å². The molecule has 0 radical (unpaired) electrons. The van der Waals surface area contributed by atoms with E-state index < -0.39 is 0 Å². The van der Waals surface area contributed by atoms with E-state index in [9.17, 15) is 4.39 Å². The zero-order valence-electron chi connectivity index (χ0n) is 18.1. The normalized spacial score (nSPS) is 19.4. The van der Waals surface area contributed by atoms with Gasteiger partial charge in [0.15, 0.2) is 0 Å². The van der Waals surface area contributed by atoms with Crippen LogP contribution in [-0.2, 0) is 11.2 Å². The van der Waals surface area contributed by atoms with Gasteiger partial charge in [-0.15, -0.1) is 0 Å². The number of fused-ring (bicyclic) bond motifs is 1. The number of benzene rings is 1. The highest BCUT2D eigenvalue weighted by Crippen LogP contribution is 2.29. The molecule has 0 unspecified atom stereocenters. The van der Waals surface area contributed by atoms with Gasteiger partial charge in [-0.3, -0.25) is 0 Å².